The van der Waals surface area contributed by atoms with E-state index in [9.17, 15) is 18.0 Å². The first-order chi connectivity index (χ1) is 19.2. The molecule has 0 N–H and O–H groups in total. The van der Waals surface area contributed by atoms with Crippen LogP contribution in [0.2, 0.25) is 5.02 Å². The summed E-state index contributed by atoms with van der Waals surface area (Å²) in [6, 6.07) is 20.4. The summed E-state index contributed by atoms with van der Waals surface area (Å²) in [4.78, 5) is 31.8. The molecule has 4 aromatic rings. The quantitative estimate of drug-likeness (QED) is 0.234. The van der Waals surface area contributed by atoms with Gasteiger partial charge in [-0.05, 0) is 55.8 Å². The molecule has 40 heavy (non-hydrogen) atoms. The van der Waals surface area contributed by atoms with Crippen molar-refractivity contribution in [3.8, 4) is 5.75 Å². The smallest absolute Gasteiger partial charge is 0.339 e. The number of carbonyl (C=O) groups is 1. The van der Waals surface area contributed by atoms with Crippen LogP contribution in [0.5, 0.6) is 5.75 Å². The molecular formula is C29H23ClN2O6S2. The zero-order chi connectivity index (χ0) is 28.4. The van der Waals surface area contributed by atoms with Crippen LogP contribution >= 0.6 is 22.9 Å². The van der Waals surface area contributed by atoms with E-state index in [1.807, 2.05) is 0 Å². The third-order valence-electron chi connectivity index (χ3n) is 6.14. The molecule has 1 atom stereocenters. The van der Waals surface area contributed by atoms with Crippen LogP contribution in [0.4, 0.5) is 0 Å². The van der Waals surface area contributed by atoms with Crippen LogP contribution in [0, 0.1) is 0 Å². The minimum Gasteiger partial charge on any atom is -0.463 e. The highest BCUT2D eigenvalue weighted by Crippen LogP contribution is 2.31. The van der Waals surface area contributed by atoms with Gasteiger partial charge in [0.2, 0.25) is 0 Å². The Kier molecular flexibility index (Phi) is 7.75. The van der Waals surface area contributed by atoms with Crippen molar-refractivity contribution < 1.29 is 22.1 Å². The predicted molar refractivity (Wildman–Crippen MR) is 153 cm³/mol. The van der Waals surface area contributed by atoms with Gasteiger partial charge >= 0.3 is 16.1 Å². The van der Waals surface area contributed by atoms with Gasteiger partial charge in [-0.1, -0.05) is 71.5 Å². The van der Waals surface area contributed by atoms with Gasteiger partial charge in [-0.25, -0.2) is 9.79 Å². The van der Waals surface area contributed by atoms with Crippen molar-refractivity contribution in [3.05, 3.63) is 126 Å². The predicted octanol–water partition coefficient (Wildman–Crippen LogP) is 4.22. The highest BCUT2D eigenvalue weighted by Gasteiger charge is 2.33. The molecule has 0 amide bonds. The molecular weight excluding hydrogens is 572 g/mol. The van der Waals surface area contributed by atoms with Crippen LogP contribution in [0.25, 0.3) is 6.08 Å². The average Bonchev–Trinajstić information content (AvgIpc) is 3.24. The lowest BCUT2D eigenvalue weighted by Gasteiger charge is -2.24. The van der Waals surface area contributed by atoms with Gasteiger partial charge < -0.3 is 8.92 Å². The van der Waals surface area contributed by atoms with E-state index in [1.54, 1.807) is 80.6 Å². The molecule has 0 fully saturated rings. The third-order valence-corrected chi connectivity index (χ3v) is 8.62. The standard InChI is InChI=1S/C29H23ClN2O6S2/c1-3-37-28(34)25-18(2)31-29-32(26(25)19-13-15-21(30)16-14-19)27(33)24(39-29)17-20-9-7-8-12-23(20)38-40(35,36)22-10-5-4-6-11-22/h4-17,26H,3H2,1-2H3/b24-17-/t26-/m1/s1. The number of para-hydroxylation sites is 1. The molecule has 0 saturated heterocycles. The first-order valence-electron chi connectivity index (χ1n) is 12.2. The molecule has 0 bridgehead atoms. The molecule has 0 saturated carbocycles. The van der Waals surface area contributed by atoms with E-state index in [-0.39, 0.29) is 27.4 Å². The van der Waals surface area contributed by atoms with Gasteiger partial charge in [-0.3, -0.25) is 9.36 Å². The van der Waals surface area contributed by atoms with E-state index < -0.39 is 27.7 Å². The minimum absolute atomic E-state index is 0.00844. The molecule has 0 spiro atoms. The van der Waals surface area contributed by atoms with Gasteiger partial charge in [0.25, 0.3) is 5.56 Å². The Balaban J connectivity index is 1.65. The van der Waals surface area contributed by atoms with E-state index in [2.05, 4.69) is 4.99 Å². The van der Waals surface area contributed by atoms with E-state index in [0.717, 1.165) is 11.3 Å². The molecule has 2 heterocycles. The number of esters is 1. The second-order valence-electron chi connectivity index (χ2n) is 8.74. The molecule has 0 aliphatic carbocycles. The summed E-state index contributed by atoms with van der Waals surface area (Å²) in [6.07, 6.45) is 1.56. The molecule has 0 radical (unpaired) electrons. The van der Waals surface area contributed by atoms with Crippen LogP contribution < -0.4 is 19.1 Å². The fourth-order valence-electron chi connectivity index (χ4n) is 4.32. The maximum Gasteiger partial charge on any atom is 0.339 e. The number of benzene rings is 3. The fourth-order valence-corrected chi connectivity index (χ4v) is 6.46. The molecule has 204 valence electrons. The van der Waals surface area contributed by atoms with Crippen molar-refractivity contribution in [2.24, 2.45) is 4.99 Å². The Labute approximate surface area is 239 Å². The first-order valence-corrected chi connectivity index (χ1v) is 14.8. The Morgan fingerprint density at radius 1 is 1.05 bits per heavy atom. The SMILES string of the molecule is CCOC(=O)C1=C(C)N=c2s/c(=C\c3ccccc3OS(=O)(=O)c3ccccc3)c(=O)n2[C@@H]1c1ccc(Cl)cc1. The summed E-state index contributed by atoms with van der Waals surface area (Å²) in [5.41, 5.74) is 1.33. The van der Waals surface area contributed by atoms with Crippen molar-refractivity contribution in [1.29, 1.82) is 0 Å². The van der Waals surface area contributed by atoms with Crippen molar-refractivity contribution in [3.63, 3.8) is 0 Å². The zero-order valence-corrected chi connectivity index (χ0v) is 23.8. The summed E-state index contributed by atoms with van der Waals surface area (Å²) >= 11 is 7.23. The average molecular weight is 595 g/mol. The number of hydrogen-bond acceptors (Lipinski definition) is 8. The Hall–Kier alpha value is -3.99. The maximum absolute atomic E-state index is 13.8. The molecule has 1 aliphatic rings. The Morgan fingerprint density at radius 3 is 2.42 bits per heavy atom. The third kappa shape index (κ3) is 5.38. The van der Waals surface area contributed by atoms with Gasteiger partial charge in [0, 0.05) is 10.6 Å². The number of ether oxygens (including phenoxy) is 1. The van der Waals surface area contributed by atoms with Gasteiger partial charge in [0.1, 0.15) is 10.6 Å². The normalized spacial score (nSPS) is 15.4. The van der Waals surface area contributed by atoms with Crippen LogP contribution in [-0.2, 0) is 19.6 Å². The molecule has 8 nitrogen and oxygen atoms in total. The summed E-state index contributed by atoms with van der Waals surface area (Å²) in [5.74, 6) is -0.502. The summed E-state index contributed by atoms with van der Waals surface area (Å²) in [7, 11) is -4.11. The van der Waals surface area contributed by atoms with Crippen molar-refractivity contribution in [1.82, 2.24) is 4.57 Å². The van der Waals surface area contributed by atoms with E-state index in [4.69, 9.17) is 20.5 Å². The lowest BCUT2D eigenvalue weighted by molar-refractivity contribution is -0.139. The number of aromatic nitrogens is 1. The molecule has 0 unspecified atom stereocenters. The number of thiazole rings is 1. The highest BCUT2D eigenvalue weighted by atomic mass is 35.5. The molecule has 1 aliphatic heterocycles. The number of fused-ring (bicyclic) bond motifs is 1. The Bertz CT molecular complexity index is 1910. The van der Waals surface area contributed by atoms with Gasteiger partial charge in [-0.15, -0.1) is 0 Å². The summed E-state index contributed by atoms with van der Waals surface area (Å²) in [5, 5.41) is 0.511. The lowest BCUT2D eigenvalue weighted by atomic mass is 9.96. The second-order valence-corrected chi connectivity index (χ2v) is 11.7. The van der Waals surface area contributed by atoms with Crippen LogP contribution in [-0.4, -0.2) is 25.6 Å². The Morgan fingerprint density at radius 2 is 1.73 bits per heavy atom. The highest BCUT2D eigenvalue weighted by molar-refractivity contribution is 7.87. The van der Waals surface area contributed by atoms with Crippen LogP contribution in [0.1, 0.15) is 31.0 Å². The number of rotatable bonds is 7. The molecule has 1 aromatic heterocycles. The monoisotopic (exact) mass is 594 g/mol. The molecule has 3 aromatic carbocycles. The molecule has 5 rings (SSSR count). The summed E-state index contributed by atoms with van der Waals surface area (Å²) in [6.45, 7) is 3.57. The number of allylic oxidation sites excluding steroid dienone is 1. The van der Waals surface area contributed by atoms with E-state index in [1.165, 1.54) is 22.8 Å². The van der Waals surface area contributed by atoms with Crippen molar-refractivity contribution >= 4 is 45.1 Å². The topological polar surface area (TPSA) is 104 Å². The number of carbonyl (C=O) groups excluding carboxylic acids is 1. The minimum atomic E-state index is -4.11. The second kappa shape index (κ2) is 11.2. The van der Waals surface area contributed by atoms with E-state index >= 15 is 0 Å². The first kappa shape index (κ1) is 27.6. The van der Waals surface area contributed by atoms with Gasteiger partial charge in [0.05, 0.1) is 28.5 Å². The number of nitrogens with zero attached hydrogens (tertiary/aromatic N) is 2. The summed E-state index contributed by atoms with van der Waals surface area (Å²) < 4.78 is 38.2. The zero-order valence-electron chi connectivity index (χ0n) is 21.4. The largest absolute Gasteiger partial charge is 0.463 e. The molecule has 11 heteroatoms. The van der Waals surface area contributed by atoms with Gasteiger partial charge in [0.15, 0.2) is 4.80 Å². The van der Waals surface area contributed by atoms with Crippen LogP contribution in [0.15, 0.2) is 105 Å². The fraction of sp³-hybridized carbons (Fsp3) is 0.138. The number of hydrogen-bond donors (Lipinski definition) is 0. The van der Waals surface area contributed by atoms with Crippen LogP contribution in [0.3, 0.4) is 0 Å². The van der Waals surface area contributed by atoms with Gasteiger partial charge in [-0.2, -0.15) is 8.42 Å². The maximum atomic E-state index is 13.8. The lowest BCUT2D eigenvalue weighted by Crippen LogP contribution is -2.39. The van der Waals surface area contributed by atoms with Crippen molar-refractivity contribution in [2.45, 2.75) is 24.8 Å². The van der Waals surface area contributed by atoms with E-state index in [0.29, 0.717) is 26.6 Å². The number of halogens is 1. The van der Waals surface area contributed by atoms with Crippen molar-refractivity contribution in [2.75, 3.05) is 6.61 Å².